The van der Waals surface area contributed by atoms with Crippen molar-refractivity contribution in [1.29, 1.82) is 0 Å². The third-order valence-corrected chi connectivity index (χ3v) is 7.21. The molecule has 1 atom stereocenters. The van der Waals surface area contributed by atoms with Crippen LogP contribution in [0.2, 0.25) is 0 Å². The average molecular weight is 491 g/mol. The first-order valence-electron chi connectivity index (χ1n) is 11.1. The zero-order chi connectivity index (χ0) is 24.7. The summed E-state index contributed by atoms with van der Waals surface area (Å²) in [5, 5.41) is 25.0. The second-order valence-corrected chi connectivity index (χ2v) is 9.60. The van der Waals surface area contributed by atoms with E-state index in [4.69, 9.17) is 0 Å². The van der Waals surface area contributed by atoms with Gasteiger partial charge < -0.3 is 15.4 Å². The van der Waals surface area contributed by atoms with E-state index in [9.17, 15) is 24.8 Å². The van der Waals surface area contributed by atoms with Crippen LogP contribution in [-0.4, -0.2) is 25.8 Å². The number of nitrogens with one attached hydrogen (secondary N) is 2. The number of aryl methyl sites for hydroxylation is 1. The summed E-state index contributed by atoms with van der Waals surface area (Å²) in [5.41, 5.74) is 3.08. The van der Waals surface area contributed by atoms with Crippen molar-refractivity contribution in [3.05, 3.63) is 96.5 Å². The Bertz CT molecular complexity index is 1450. The molecule has 0 saturated heterocycles. The zero-order valence-corrected chi connectivity index (χ0v) is 19.6. The van der Waals surface area contributed by atoms with Gasteiger partial charge in [0.25, 0.3) is 5.56 Å². The van der Waals surface area contributed by atoms with Gasteiger partial charge in [-0.25, -0.2) is 4.98 Å². The van der Waals surface area contributed by atoms with E-state index >= 15 is 0 Å². The molecule has 0 saturated carbocycles. The number of carbonyl (C=O) groups is 1. The summed E-state index contributed by atoms with van der Waals surface area (Å²) < 4.78 is 0. The van der Waals surface area contributed by atoms with E-state index < -0.39 is 27.8 Å². The normalized spacial score (nSPS) is 16.9. The molecule has 2 aliphatic rings. The predicted molar refractivity (Wildman–Crippen MR) is 132 cm³/mol. The highest BCUT2D eigenvalue weighted by molar-refractivity contribution is 7.98. The van der Waals surface area contributed by atoms with Crippen LogP contribution >= 0.6 is 11.8 Å². The minimum absolute atomic E-state index is 0.109. The van der Waals surface area contributed by atoms with Gasteiger partial charge in [0, 0.05) is 35.4 Å². The summed E-state index contributed by atoms with van der Waals surface area (Å²) in [7, 11) is 0. The maximum atomic E-state index is 13.3. The van der Waals surface area contributed by atoms with E-state index in [1.54, 1.807) is 0 Å². The number of rotatable bonds is 5. The van der Waals surface area contributed by atoms with Crippen molar-refractivity contribution in [2.75, 3.05) is 5.32 Å². The third kappa shape index (κ3) is 4.32. The number of H-pyrrole nitrogens is 1. The monoisotopic (exact) mass is 490 g/mol. The van der Waals surface area contributed by atoms with Crippen LogP contribution in [0.1, 0.15) is 47.4 Å². The number of aromatic amines is 1. The summed E-state index contributed by atoms with van der Waals surface area (Å²) in [6, 6.07) is 12.0. The van der Waals surface area contributed by atoms with Gasteiger partial charge in [0.1, 0.15) is 5.82 Å². The van der Waals surface area contributed by atoms with Crippen LogP contribution in [0.3, 0.4) is 0 Å². The molecule has 35 heavy (non-hydrogen) atoms. The van der Waals surface area contributed by atoms with Crippen molar-refractivity contribution in [1.82, 2.24) is 9.97 Å². The molecule has 9 nitrogen and oxygen atoms in total. The molecule has 2 aromatic carbocycles. The molecule has 3 aromatic rings. The van der Waals surface area contributed by atoms with Gasteiger partial charge in [0.05, 0.1) is 10.5 Å². The number of aromatic hydroxyl groups is 1. The molecule has 0 fully saturated rings. The lowest BCUT2D eigenvalue weighted by atomic mass is 9.76. The van der Waals surface area contributed by atoms with Crippen LogP contribution in [0, 0.1) is 17.0 Å². The van der Waals surface area contributed by atoms with Gasteiger partial charge in [-0.1, -0.05) is 47.7 Å². The van der Waals surface area contributed by atoms with Crippen molar-refractivity contribution in [2.24, 2.45) is 0 Å². The highest BCUT2D eigenvalue weighted by atomic mass is 32.2. The fourth-order valence-corrected chi connectivity index (χ4v) is 5.36. The minimum Gasteiger partial charge on any atom is -0.502 e. The van der Waals surface area contributed by atoms with Gasteiger partial charge >= 0.3 is 5.69 Å². The molecule has 1 aromatic heterocycles. The van der Waals surface area contributed by atoms with Crippen molar-refractivity contribution in [3.8, 4) is 5.75 Å². The molecule has 0 amide bonds. The number of hydrogen-bond donors (Lipinski definition) is 3. The largest absolute Gasteiger partial charge is 0.502 e. The second kappa shape index (κ2) is 9.03. The molecule has 10 heteroatoms. The number of Topliss-reactive ketones (excluding diaryl/α,β-unsaturated/α-hetero) is 1. The molecule has 3 N–H and O–H groups in total. The quantitative estimate of drug-likeness (QED) is 0.205. The van der Waals surface area contributed by atoms with Gasteiger partial charge in [-0.2, -0.15) is 0 Å². The number of benzene rings is 2. The molecule has 1 unspecified atom stereocenters. The standard InChI is InChI=1S/C25H22N4O5S/c1-13-5-7-14(8-6-13)12-35-25-27-23-22(24(32)28-25)20(21-16(26-23)3-2-4-19(21)31)15-9-10-18(30)17(11-15)29(33)34/h5-11,20,30H,2-4,12H2,1H3,(H2,26,27,28,32). The Morgan fingerprint density at radius 3 is 2.69 bits per heavy atom. The van der Waals surface area contributed by atoms with Gasteiger partial charge in [-0.05, 0) is 37.0 Å². The summed E-state index contributed by atoms with van der Waals surface area (Å²) in [6.45, 7) is 2.02. The Balaban J connectivity index is 1.58. The molecule has 178 valence electrons. The number of allylic oxidation sites excluding steroid dienone is 2. The number of carbonyl (C=O) groups excluding carboxylic acids is 1. The van der Waals surface area contributed by atoms with Crippen molar-refractivity contribution in [3.63, 3.8) is 0 Å². The zero-order valence-electron chi connectivity index (χ0n) is 18.8. The maximum absolute atomic E-state index is 13.3. The van der Waals surface area contributed by atoms with Crippen LogP contribution in [0.25, 0.3) is 0 Å². The number of nitro groups is 1. The molecular formula is C25H22N4O5S. The first kappa shape index (κ1) is 22.9. The molecule has 5 rings (SSSR count). The smallest absolute Gasteiger partial charge is 0.310 e. The first-order valence-corrected chi connectivity index (χ1v) is 12.1. The number of fused-ring (bicyclic) bond motifs is 1. The number of aromatic nitrogens is 2. The highest BCUT2D eigenvalue weighted by Crippen LogP contribution is 2.45. The lowest BCUT2D eigenvalue weighted by Crippen LogP contribution is -2.32. The molecule has 0 spiro atoms. The summed E-state index contributed by atoms with van der Waals surface area (Å²) >= 11 is 1.39. The number of thioether (sulfide) groups is 1. The topological polar surface area (TPSA) is 138 Å². The number of nitrogens with zero attached hydrogens (tertiary/aromatic N) is 2. The molecule has 0 radical (unpaired) electrons. The van der Waals surface area contributed by atoms with Crippen LogP contribution in [-0.2, 0) is 10.5 Å². The lowest BCUT2D eigenvalue weighted by molar-refractivity contribution is -0.385. The molecular weight excluding hydrogens is 468 g/mol. The number of phenols is 1. The number of nitro benzene ring substituents is 1. The Morgan fingerprint density at radius 1 is 1.17 bits per heavy atom. The van der Waals surface area contributed by atoms with Gasteiger partial charge in [0.2, 0.25) is 0 Å². The van der Waals surface area contributed by atoms with Crippen LogP contribution in [0.15, 0.2) is 63.7 Å². The van der Waals surface area contributed by atoms with Crippen LogP contribution in [0.4, 0.5) is 11.5 Å². The molecule has 1 aliphatic heterocycles. The van der Waals surface area contributed by atoms with Gasteiger partial charge in [-0.15, -0.1) is 0 Å². The number of anilines is 1. The Kier molecular flexibility index (Phi) is 5.89. The number of phenolic OH excluding ortho intramolecular Hbond substituents is 1. The Morgan fingerprint density at radius 2 is 1.94 bits per heavy atom. The van der Waals surface area contributed by atoms with E-state index in [1.807, 2.05) is 31.2 Å². The predicted octanol–water partition coefficient (Wildman–Crippen LogP) is 4.55. The lowest BCUT2D eigenvalue weighted by Gasteiger charge is -2.32. The Labute approximate surface area is 204 Å². The SMILES string of the molecule is Cc1ccc(CSc2nc3c(c(=O)[nH]2)C(c2ccc(O)c([N+](=O)[O-])c2)C2=C(CCCC2=O)N3)cc1. The fourth-order valence-electron chi connectivity index (χ4n) is 4.54. The summed E-state index contributed by atoms with van der Waals surface area (Å²) in [6.07, 6.45) is 1.61. The van der Waals surface area contributed by atoms with Crippen molar-refractivity contribution in [2.45, 2.75) is 43.0 Å². The fraction of sp³-hybridized carbons (Fsp3) is 0.240. The highest BCUT2D eigenvalue weighted by Gasteiger charge is 2.38. The molecule has 2 heterocycles. The number of hydrogen-bond acceptors (Lipinski definition) is 8. The maximum Gasteiger partial charge on any atom is 0.310 e. The van der Waals surface area contributed by atoms with Crippen LogP contribution in [0.5, 0.6) is 5.75 Å². The van der Waals surface area contributed by atoms with Crippen molar-refractivity contribution < 1.29 is 14.8 Å². The second-order valence-electron chi connectivity index (χ2n) is 8.64. The third-order valence-electron chi connectivity index (χ3n) is 6.26. The van der Waals surface area contributed by atoms with Crippen LogP contribution < -0.4 is 10.9 Å². The summed E-state index contributed by atoms with van der Waals surface area (Å²) in [5.74, 6) is -0.452. The average Bonchev–Trinajstić information content (AvgIpc) is 2.83. The first-order chi connectivity index (χ1) is 16.8. The van der Waals surface area contributed by atoms with E-state index in [-0.39, 0.29) is 11.3 Å². The Hall–Kier alpha value is -3.92. The molecule has 0 bridgehead atoms. The van der Waals surface area contributed by atoms with E-state index in [2.05, 4.69) is 15.3 Å². The number of ketones is 1. The van der Waals surface area contributed by atoms with Gasteiger partial charge in [0.15, 0.2) is 16.7 Å². The van der Waals surface area contributed by atoms with Crippen molar-refractivity contribution >= 4 is 29.1 Å². The van der Waals surface area contributed by atoms with E-state index in [0.29, 0.717) is 52.8 Å². The van der Waals surface area contributed by atoms with E-state index in [0.717, 1.165) is 11.1 Å². The van der Waals surface area contributed by atoms with Gasteiger partial charge in [-0.3, -0.25) is 19.7 Å². The molecule has 1 aliphatic carbocycles. The van der Waals surface area contributed by atoms with E-state index in [1.165, 1.54) is 30.0 Å². The summed E-state index contributed by atoms with van der Waals surface area (Å²) in [4.78, 5) is 44.5. The minimum atomic E-state index is -0.819.